The number of hydrogen-bond acceptors (Lipinski definition) is 4. The molecule has 0 aliphatic heterocycles. The van der Waals surface area contributed by atoms with Gasteiger partial charge in [0.2, 0.25) is 0 Å². The second-order valence-corrected chi connectivity index (χ2v) is 2.61. The van der Waals surface area contributed by atoms with Gasteiger partial charge in [0.05, 0.1) is 11.8 Å². The van der Waals surface area contributed by atoms with Crippen molar-refractivity contribution in [1.82, 2.24) is 0 Å². The Morgan fingerprint density at radius 1 is 1.27 bits per heavy atom. The molecule has 0 atom stereocenters. The van der Waals surface area contributed by atoms with Crippen LogP contribution in [-0.2, 0) is 9.53 Å². The van der Waals surface area contributed by atoms with Crippen molar-refractivity contribution in [1.29, 1.82) is 0 Å². The third kappa shape index (κ3) is 3.27. The van der Waals surface area contributed by atoms with Crippen LogP contribution in [0.1, 0.15) is 17.3 Å². The van der Waals surface area contributed by atoms with E-state index >= 15 is 0 Å². The molecule has 0 N–H and O–H groups in total. The Labute approximate surface area is 87.1 Å². The van der Waals surface area contributed by atoms with Crippen LogP contribution in [0.4, 0.5) is 0 Å². The molecule has 4 nitrogen and oxygen atoms in total. The van der Waals surface area contributed by atoms with Crippen molar-refractivity contribution < 1.29 is 19.1 Å². The van der Waals surface area contributed by atoms with Gasteiger partial charge >= 0.3 is 5.97 Å². The molecule has 4 heteroatoms. The van der Waals surface area contributed by atoms with Crippen LogP contribution in [0.5, 0.6) is 5.75 Å². The van der Waals surface area contributed by atoms with Gasteiger partial charge in [0.1, 0.15) is 5.75 Å². The van der Waals surface area contributed by atoms with Gasteiger partial charge in [0.15, 0.2) is 0 Å². The Bertz CT molecular complexity index is 365. The monoisotopic (exact) mass is 206 g/mol. The molecule has 0 heterocycles. The van der Waals surface area contributed by atoms with Crippen molar-refractivity contribution >= 4 is 12.4 Å². The molecule has 15 heavy (non-hydrogen) atoms. The number of hydrogen-bond donors (Lipinski definition) is 0. The fourth-order valence-electron chi connectivity index (χ4n) is 0.923. The number of rotatable bonds is 4. The predicted molar refractivity (Wildman–Crippen MR) is 53.4 cm³/mol. The maximum atomic E-state index is 11.3. The number of esters is 1. The molecule has 78 valence electrons. The SMILES string of the molecule is CC=COC(=O)c1ccc(OC=O)cc1. The van der Waals surface area contributed by atoms with E-state index in [2.05, 4.69) is 4.74 Å². The van der Waals surface area contributed by atoms with Crippen LogP contribution >= 0.6 is 0 Å². The van der Waals surface area contributed by atoms with Gasteiger partial charge in [-0.05, 0) is 31.2 Å². The van der Waals surface area contributed by atoms with Gasteiger partial charge in [-0.2, -0.15) is 0 Å². The van der Waals surface area contributed by atoms with Gasteiger partial charge in [-0.1, -0.05) is 6.08 Å². The summed E-state index contributed by atoms with van der Waals surface area (Å²) in [5.41, 5.74) is 0.395. The van der Waals surface area contributed by atoms with Crippen LogP contribution in [0, 0.1) is 0 Å². The highest BCUT2D eigenvalue weighted by molar-refractivity contribution is 5.89. The molecule has 0 saturated heterocycles. The van der Waals surface area contributed by atoms with E-state index in [1.165, 1.54) is 30.5 Å². The van der Waals surface area contributed by atoms with Crippen LogP contribution in [0.25, 0.3) is 0 Å². The van der Waals surface area contributed by atoms with Gasteiger partial charge in [0, 0.05) is 0 Å². The fourth-order valence-corrected chi connectivity index (χ4v) is 0.923. The van der Waals surface area contributed by atoms with Gasteiger partial charge in [-0.25, -0.2) is 4.79 Å². The fraction of sp³-hybridized carbons (Fsp3) is 0.0909. The normalized spacial score (nSPS) is 9.93. The minimum Gasteiger partial charge on any atom is -0.431 e. The second kappa shape index (κ2) is 5.59. The highest BCUT2D eigenvalue weighted by Gasteiger charge is 2.05. The third-order valence-corrected chi connectivity index (χ3v) is 1.59. The molecule has 0 amide bonds. The molecule has 0 bridgehead atoms. The third-order valence-electron chi connectivity index (χ3n) is 1.59. The van der Waals surface area contributed by atoms with Crippen molar-refractivity contribution in [3.8, 4) is 5.75 Å². The molecule has 0 aliphatic carbocycles. The molecule has 0 spiro atoms. The first-order valence-electron chi connectivity index (χ1n) is 4.30. The molecule has 0 unspecified atom stereocenters. The standard InChI is InChI=1S/C11H10O4/c1-2-7-14-11(13)9-3-5-10(6-4-9)15-8-12/h2-8H,1H3. The Kier molecular flexibility index (Phi) is 4.09. The molecule has 0 fully saturated rings. The van der Waals surface area contributed by atoms with Gasteiger partial charge in [-0.15, -0.1) is 0 Å². The Morgan fingerprint density at radius 2 is 1.93 bits per heavy atom. The lowest BCUT2D eigenvalue weighted by Gasteiger charge is -2.00. The van der Waals surface area contributed by atoms with E-state index in [0.29, 0.717) is 17.8 Å². The molecular weight excluding hydrogens is 196 g/mol. The lowest BCUT2D eigenvalue weighted by molar-refractivity contribution is -0.120. The van der Waals surface area contributed by atoms with E-state index in [0.717, 1.165) is 0 Å². The lowest BCUT2D eigenvalue weighted by Crippen LogP contribution is -2.00. The number of ether oxygens (including phenoxy) is 2. The van der Waals surface area contributed by atoms with E-state index in [9.17, 15) is 9.59 Å². The molecule has 0 saturated carbocycles. The smallest absolute Gasteiger partial charge is 0.342 e. The van der Waals surface area contributed by atoms with Crippen molar-refractivity contribution in [3.63, 3.8) is 0 Å². The van der Waals surface area contributed by atoms with Gasteiger partial charge in [0.25, 0.3) is 6.47 Å². The highest BCUT2D eigenvalue weighted by atomic mass is 16.5. The van der Waals surface area contributed by atoms with E-state index in [4.69, 9.17) is 4.74 Å². The van der Waals surface area contributed by atoms with Crippen LogP contribution < -0.4 is 4.74 Å². The Balaban J connectivity index is 2.70. The van der Waals surface area contributed by atoms with Crippen LogP contribution in [0.2, 0.25) is 0 Å². The molecule has 0 aliphatic rings. The van der Waals surface area contributed by atoms with E-state index in [1.54, 1.807) is 13.0 Å². The average molecular weight is 206 g/mol. The molecule has 1 aromatic rings. The minimum absolute atomic E-state index is 0.327. The Hall–Kier alpha value is -2.10. The number of benzene rings is 1. The quantitative estimate of drug-likeness (QED) is 0.429. The van der Waals surface area contributed by atoms with Crippen molar-refractivity contribution in [2.45, 2.75) is 6.92 Å². The number of carbonyl (C=O) groups is 2. The summed E-state index contributed by atoms with van der Waals surface area (Å²) in [6.45, 7) is 2.07. The van der Waals surface area contributed by atoms with Gasteiger partial charge < -0.3 is 9.47 Å². The zero-order valence-electron chi connectivity index (χ0n) is 8.17. The first-order valence-corrected chi connectivity index (χ1v) is 4.30. The van der Waals surface area contributed by atoms with Gasteiger partial charge in [-0.3, -0.25) is 4.79 Å². The zero-order chi connectivity index (χ0) is 11.1. The molecule has 0 radical (unpaired) electrons. The lowest BCUT2D eigenvalue weighted by atomic mass is 10.2. The zero-order valence-corrected chi connectivity index (χ0v) is 8.17. The first-order chi connectivity index (χ1) is 7.27. The number of allylic oxidation sites excluding steroid dienone is 1. The summed E-state index contributed by atoms with van der Waals surface area (Å²) in [5, 5.41) is 0. The van der Waals surface area contributed by atoms with E-state index < -0.39 is 5.97 Å². The summed E-state index contributed by atoms with van der Waals surface area (Å²) in [6.07, 6.45) is 2.92. The molecule has 0 aromatic heterocycles. The summed E-state index contributed by atoms with van der Waals surface area (Å²) in [4.78, 5) is 21.3. The Morgan fingerprint density at radius 3 is 2.47 bits per heavy atom. The van der Waals surface area contributed by atoms with Crippen molar-refractivity contribution in [2.75, 3.05) is 0 Å². The summed E-state index contributed by atoms with van der Waals surface area (Å²) in [5.74, 6) is -0.0710. The summed E-state index contributed by atoms with van der Waals surface area (Å²) in [6, 6.07) is 6.07. The maximum absolute atomic E-state index is 11.3. The summed E-state index contributed by atoms with van der Waals surface area (Å²) < 4.78 is 9.32. The molecule has 1 aromatic carbocycles. The highest BCUT2D eigenvalue weighted by Crippen LogP contribution is 2.12. The van der Waals surface area contributed by atoms with Crippen molar-refractivity contribution in [2.24, 2.45) is 0 Å². The van der Waals surface area contributed by atoms with Crippen molar-refractivity contribution in [3.05, 3.63) is 42.2 Å². The van der Waals surface area contributed by atoms with Crippen LogP contribution in [-0.4, -0.2) is 12.4 Å². The average Bonchev–Trinajstić information content (AvgIpc) is 2.27. The summed E-state index contributed by atoms with van der Waals surface area (Å²) >= 11 is 0. The second-order valence-electron chi connectivity index (χ2n) is 2.61. The number of carbonyl (C=O) groups excluding carboxylic acids is 2. The molecule has 1 rings (SSSR count). The topological polar surface area (TPSA) is 52.6 Å². The summed E-state index contributed by atoms with van der Waals surface area (Å²) in [7, 11) is 0. The maximum Gasteiger partial charge on any atom is 0.342 e. The van der Waals surface area contributed by atoms with E-state index in [-0.39, 0.29) is 0 Å². The predicted octanol–water partition coefficient (Wildman–Crippen LogP) is 1.91. The van der Waals surface area contributed by atoms with E-state index in [1.807, 2.05) is 0 Å². The van der Waals surface area contributed by atoms with Crippen LogP contribution in [0.3, 0.4) is 0 Å². The van der Waals surface area contributed by atoms with Crippen LogP contribution in [0.15, 0.2) is 36.6 Å². The molecular formula is C11H10O4. The minimum atomic E-state index is -0.453. The first kappa shape index (κ1) is 11.0. The largest absolute Gasteiger partial charge is 0.431 e.